The van der Waals surface area contributed by atoms with Gasteiger partial charge in [-0.2, -0.15) is 13.2 Å². The Morgan fingerprint density at radius 2 is 1.40 bits per heavy atom. The molecule has 4 rings (SSSR count). The summed E-state index contributed by atoms with van der Waals surface area (Å²) in [6.07, 6.45) is -1.57. The van der Waals surface area contributed by atoms with Crippen LogP contribution in [0.25, 0.3) is 0 Å². The van der Waals surface area contributed by atoms with E-state index in [1.165, 1.54) is 12.1 Å². The Morgan fingerprint density at radius 3 is 1.97 bits per heavy atom. The first-order chi connectivity index (χ1) is 16.7. The minimum atomic E-state index is -4.46. The Hall–Kier alpha value is -3.36. The SMILES string of the molecule is O=C(N[C@H](C(=O)N1CCCC1)C1CCN(C(=O)c2ccc(C(F)(F)F)cc2)CC1)c1ccccc1. The van der Waals surface area contributed by atoms with Gasteiger partial charge in [0.1, 0.15) is 6.04 Å². The molecule has 0 unspecified atom stereocenters. The summed E-state index contributed by atoms with van der Waals surface area (Å²) in [6.45, 7) is 2.05. The van der Waals surface area contributed by atoms with Crippen molar-refractivity contribution in [1.82, 2.24) is 15.1 Å². The molecule has 0 aromatic heterocycles. The molecule has 2 aliphatic heterocycles. The lowest BCUT2D eigenvalue weighted by Gasteiger charge is -2.37. The molecule has 2 saturated heterocycles. The molecule has 35 heavy (non-hydrogen) atoms. The molecule has 2 heterocycles. The number of amides is 3. The summed E-state index contributed by atoms with van der Waals surface area (Å²) < 4.78 is 38.4. The van der Waals surface area contributed by atoms with Gasteiger partial charge in [0.2, 0.25) is 5.91 Å². The number of halogens is 3. The van der Waals surface area contributed by atoms with Gasteiger partial charge in [-0.1, -0.05) is 18.2 Å². The van der Waals surface area contributed by atoms with Gasteiger partial charge in [-0.3, -0.25) is 14.4 Å². The number of nitrogens with one attached hydrogen (secondary N) is 1. The molecule has 0 saturated carbocycles. The van der Waals surface area contributed by atoms with Crippen molar-refractivity contribution in [2.75, 3.05) is 26.2 Å². The molecule has 6 nitrogen and oxygen atoms in total. The molecule has 2 aliphatic rings. The van der Waals surface area contributed by atoms with Crippen molar-refractivity contribution in [3.8, 4) is 0 Å². The van der Waals surface area contributed by atoms with Crippen molar-refractivity contribution < 1.29 is 27.6 Å². The first kappa shape index (κ1) is 24.8. The Labute approximate surface area is 202 Å². The van der Waals surface area contributed by atoms with E-state index in [1.54, 1.807) is 34.1 Å². The molecule has 1 N–H and O–H groups in total. The van der Waals surface area contributed by atoms with Crippen LogP contribution in [-0.4, -0.2) is 59.7 Å². The third kappa shape index (κ3) is 5.83. The smallest absolute Gasteiger partial charge is 0.341 e. The van der Waals surface area contributed by atoms with Crippen LogP contribution >= 0.6 is 0 Å². The highest BCUT2D eigenvalue weighted by Crippen LogP contribution is 2.30. The van der Waals surface area contributed by atoms with Crippen LogP contribution in [0.5, 0.6) is 0 Å². The first-order valence-corrected chi connectivity index (χ1v) is 11.9. The molecule has 0 radical (unpaired) electrons. The van der Waals surface area contributed by atoms with E-state index in [1.807, 2.05) is 6.07 Å². The number of likely N-dealkylation sites (tertiary alicyclic amines) is 2. The molecule has 2 fully saturated rings. The van der Waals surface area contributed by atoms with Gasteiger partial charge < -0.3 is 15.1 Å². The van der Waals surface area contributed by atoms with Crippen molar-refractivity contribution in [1.29, 1.82) is 0 Å². The summed E-state index contributed by atoms with van der Waals surface area (Å²) in [7, 11) is 0. The molecular weight excluding hydrogens is 459 g/mol. The van der Waals surface area contributed by atoms with Crippen LogP contribution in [0.2, 0.25) is 0 Å². The highest BCUT2D eigenvalue weighted by molar-refractivity contribution is 5.97. The molecule has 1 atom stereocenters. The van der Waals surface area contributed by atoms with Crippen LogP contribution in [0.1, 0.15) is 52.0 Å². The Balaban J connectivity index is 1.43. The third-order valence-corrected chi connectivity index (χ3v) is 6.76. The van der Waals surface area contributed by atoms with Crippen LogP contribution < -0.4 is 5.32 Å². The highest BCUT2D eigenvalue weighted by Gasteiger charge is 2.37. The van der Waals surface area contributed by atoms with E-state index >= 15 is 0 Å². The van der Waals surface area contributed by atoms with Crippen molar-refractivity contribution in [2.45, 2.75) is 37.9 Å². The average molecular weight is 488 g/mol. The molecule has 0 spiro atoms. The Kier molecular flexibility index (Phi) is 7.42. The Morgan fingerprint density at radius 1 is 0.800 bits per heavy atom. The average Bonchev–Trinajstić information content (AvgIpc) is 3.42. The number of nitrogens with zero attached hydrogens (tertiary/aromatic N) is 2. The van der Waals surface area contributed by atoms with Gasteiger partial charge in [0.15, 0.2) is 0 Å². The number of alkyl halides is 3. The van der Waals surface area contributed by atoms with Crippen molar-refractivity contribution in [3.05, 3.63) is 71.3 Å². The summed E-state index contributed by atoms with van der Waals surface area (Å²) in [6, 6.07) is 12.2. The largest absolute Gasteiger partial charge is 0.416 e. The second kappa shape index (κ2) is 10.5. The maximum Gasteiger partial charge on any atom is 0.416 e. The van der Waals surface area contributed by atoms with Crippen LogP contribution in [0.15, 0.2) is 54.6 Å². The minimum Gasteiger partial charge on any atom is -0.341 e. The predicted molar refractivity (Wildman–Crippen MR) is 124 cm³/mol. The summed E-state index contributed by atoms with van der Waals surface area (Å²) in [5, 5.41) is 2.94. The molecule has 3 amide bonds. The second-order valence-corrected chi connectivity index (χ2v) is 9.05. The van der Waals surface area contributed by atoms with Gasteiger partial charge in [0, 0.05) is 37.3 Å². The number of benzene rings is 2. The fraction of sp³-hybridized carbons (Fsp3) is 0.423. The van der Waals surface area contributed by atoms with Gasteiger partial charge in [0.25, 0.3) is 11.8 Å². The zero-order valence-corrected chi connectivity index (χ0v) is 19.3. The zero-order valence-electron chi connectivity index (χ0n) is 19.3. The van der Waals surface area contributed by atoms with Crippen LogP contribution in [-0.2, 0) is 11.0 Å². The number of carbonyl (C=O) groups excluding carboxylic acids is 3. The molecular formula is C26H28F3N3O3. The maximum atomic E-state index is 13.3. The van der Waals surface area contributed by atoms with Gasteiger partial charge in [0.05, 0.1) is 5.56 Å². The molecule has 2 aromatic carbocycles. The van der Waals surface area contributed by atoms with Crippen LogP contribution in [0.4, 0.5) is 13.2 Å². The molecule has 9 heteroatoms. The van der Waals surface area contributed by atoms with E-state index in [9.17, 15) is 27.6 Å². The van der Waals surface area contributed by atoms with Crippen molar-refractivity contribution in [3.63, 3.8) is 0 Å². The molecule has 0 aliphatic carbocycles. The van der Waals surface area contributed by atoms with Gasteiger partial charge in [-0.25, -0.2) is 0 Å². The zero-order chi connectivity index (χ0) is 25.0. The van der Waals surface area contributed by atoms with E-state index in [0.29, 0.717) is 44.6 Å². The van der Waals surface area contributed by atoms with Crippen molar-refractivity contribution >= 4 is 17.7 Å². The fourth-order valence-electron chi connectivity index (χ4n) is 4.75. The summed E-state index contributed by atoms with van der Waals surface area (Å²) in [5.74, 6) is -0.897. The van der Waals surface area contributed by atoms with E-state index in [-0.39, 0.29) is 29.2 Å². The van der Waals surface area contributed by atoms with E-state index in [0.717, 1.165) is 25.0 Å². The Bertz CT molecular complexity index is 1040. The lowest BCUT2D eigenvalue weighted by Crippen LogP contribution is -2.54. The number of hydrogen-bond acceptors (Lipinski definition) is 3. The van der Waals surface area contributed by atoms with Crippen molar-refractivity contribution in [2.24, 2.45) is 5.92 Å². The minimum absolute atomic E-state index is 0.0979. The number of piperidine rings is 1. The normalized spacial score (nSPS) is 17.8. The molecule has 2 aromatic rings. The summed E-state index contributed by atoms with van der Waals surface area (Å²) >= 11 is 0. The number of hydrogen-bond donors (Lipinski definition) is 1. The molecule has 186 valence electrons. The monoisotopic (exact) mass is 487 g/mol. The quantitative estimate of drug-likeness (QED) is 0.694. The van der Waals surface area contributed by atoms with Gasteiger partial charge in [-0.05, 0) is 68.0 Å². The fourth-order valence-corrected chi connectivity index (χ4v) is 4.75. The lowest BCUT2D eigenvalue weighted by molar-refractivity contribution is -0.137. The number of carbonyl (C=O) groups is 3. The summed E-state index contributed by atoms with van der Waals surface area (Å²) in [4.78, 5) is 42.4. The van der Waals surface area contributed by atoms with E-state index < -0.39 is 17.8 Å². The standard InChI is InChI=1S/C26H28F3N3O3/c27-26(28,29)21-10-8-20(9-11-21)24(34)32-16-12-18(13-17-32)22(25(35)31-14-4-5-15-31)30-23(33)19-6-2-1-3-7-19/h1-3,6-11,18,22H,4-5,12-17H2,(H,30,33)/t22-/m0/s1. The third-order valence-electron chi connectivity index (χ3n) is 6.76. The summed E-state index contributed by atoms with van der Waals surface area (Å²) in [5.41, 5.74) is -0.134. The van der Waals surface area contributed by atoms with Crippen LogP contribution in [0, 0.1) is 5.92 Å². The highest BCUT2D eigenvalue weighted by atomic mass is 19.4. The van der Waals surface area contributed by atoms with Gasteiger partial charge >= 0.3 is 6.18 Å². The lowest BCUT2D eigenvalue weighted by atomic mass is 9.88. The predicted octanol–water partition coefficient (Wildman–Crippen LogP) is 3.98. The maximum absolute atomic E-state index is 13.3. The topological polar surface area (TPSA) is 69.7 Å². The van der Waals surface area contributed by atoms with Gasteiger partial charge in [-0.15, -0.1) is 0 Å². The second-order valence-electron chi connectivity index (χ2n) is 9.05. The van der Waals surface area contributed by atoms with Crippen LogP contribution in [0.3, 0.4) is 0 Å². The van der Waals surface area contributed by atoms with E-state index in [2.05, 4.69) is 5.32 Å². The van der Waals surface area contributed by atoms with E-state index in [4.69, 9.17) is 0 Å². The molecule has 0 bridgehead atoms. The number of rotatable bonds is 5. The first-order valence-electron chi connectivity index (χ1n) is 11.9.